The SMILES string of the molecule is C[C@@H]1CN2C[C@](O)(C(C)(C)C)[C@H]3CC[C@@H]1[C@]32C. The fourth-order valence-electron chi connectivity index (χ4n) is 5.29. The highest BCUT2D eigenvalue weighted by Crippen LogP contribution is 2.63. The first-order valence-electron chi connectivity index (χ1n) is 7.18. The Labute approximate surface area is 105 Å². The first-order valence-corrected chi connectivity index (χ1v) is 7.18. The first-order chi connectivity index (χ1) is 7.71. The molecule has 0 aromatic carbocycles. The number of aliphatic hydroxyl groups is 1. The fraction of sp³-hybridized carbons (Fsp3) is 1.00. The molecule has 0 unspecified atom stereocenters. The summed E-state index contributed by atoms with van der Waals surface area (Å²) in [4.78, 5) is 2.60. The second-order valence-electron chi connectivity index (χ2n) is 7.99. The van der Waals surface area contributed by atoms with Crippen LogP contribution in [0, 0.1) is 23.2 Å². The molecule has 1 N–H and O–H groups in total. The van der Waals surface area contributed by atoms with Gasteiger partial charge < -0.3 is 5.11 Å². The number of nitrogens with zero attached hydrogens (tertiary/aromatic N) is 1. The summed E-state index contributed by atoms with van der Waals surface area (Å²) in [5.41, 5.74) is -0.221. The molecule has 3 fully saturated rings. The van der Waals surface area contributed by atoms with Crippen LogP contribution in [0.5, 0.6) is 0 Å². The minimum atomic E-state index is -0.489. The predicted molar refractivity (Wildman–Crippen MR) is 69.8 cm³/mol. The third kappa shape index (κ3) is 1.19. The minimum absolute atomic E-state index is 0.0108. The van der Waals surface area contributed by atoms with Crippen molar-refractivity contribution in [3.63, 3.8) is 0 Å². The van der Waals surface area contributed by atoms with Crippen molar-refractivity contribution in [3.05, 3.63) is 0 Å². The van der Waals surface area contributed by atoms with Crippen molar-refractivity contribution < 1.29 is 5.11 Å². The van der Waals surface area contributed by atoms with Crippen LogP contribution in [0.1, 0.15) is 47.5 Å². The molecule has 2 heterocycles. The van der Waals surface area contributed by atoms with Crippen LogP contribution >= 0.6 is 0 Å². The van der Waals surface area contributed by atoms with E-state index < -0.39 is 5.60 Å². The van der Waals surface area contributed by atoms with E-state index in [-0.39, 0.29) is 11.0 Å². The van der Waals surface area contributed by atoms with Crippen molar-refractivity contribution in [1.82, 2.24) is 4.90 Å². The third-order valence-electron chi connectivity index (χ3n) is 6.41. The highest BCUT2D eigenvalue weighted by molar-refractivity contribution is 5.22. The van der Waals surface area contributed by atoms with Crippen LogP contribution in [0.2, 0.25) is 0 Å². The molecule has 0 amide bonds. The molecule has 3 rings (SSSR count). The van der Waals surface area contributed by atoms with Gasteiger partial charge >= 0.3 is 0 Å². The smallest absolute Gasteiger partial charge is 0.0867 e. The quantitative estimate of drug-likeness (QED) is 0.700. The van der Waals surface area contributed by atoms with Crippen molar-refractivity contribution in [2.75, 3.05) is 13.1 Å². The van der Waals surface area contributed by atoms with Crippen LogP contribution < -0.4 is 0 Å². The van der Waals surface area contributed by atoms with Crippen molar-refractivity contribution in [3.8, 4) is 0 Å². The topological polar surface area (TPSA) is 23.5 Å². The van der Waals surface area contributed by atoms with Gasteiger partial charge in [-0.15, -0.1) is 0 Å². The average Bonchev–Trinajstić information content (AvgIpc) is 2.70. The predicted octanol–water partition coefficient (Wildman–Crippen LogP) is 2.51. The van der Waals surface area contributed by atoms with E-state index in [0.29, 0.717) is 5.92 Å². The Morgan fingerprint density at radius 2 is 1.88 bits per heavy atom. The standard InChI is InChI=1S/C15H27NO/c1-10-8-16-9-15(17,13(2,3)4)12-7-6-11(10)14(12,16)5/h10-12,17H,6-9H2,1-5H3/t10-,11+,12+,14-,15-/m1/s1. The first kappa shape index (κ1) is 12.0. The monoisotopic (exact) mass is 237 g/mol. The zero-order valence-corrected chi connectivity index (χ0v) is 12.0. The number of hydrogen-bond donors (Lipinski definition) is 1. The zero-order valence-electron chi connectivity index (χ0n) is 12.0. The van der Waals surface area contributed by atoms with Gasteiger partial charge in [-0.3, -0.25) is 4.90 Å². The summed E-state index contributed by atoms with van der Waals surface area (Å²) < 4.78 is 0. The molecule has 2 nitrogen and oxygen atoms in total. The largest absolute Gasteiger partial charge is 0.388 e. The van der Waals surface area contributed by atoms with Gasteiger partial charge in [-0.05, 0) is 37.0 Å². The molecular weight excluding hydrogens is 210 g/mol. The molecule has 1 aliphatic carbocycles. The molecule has 2 heteroatoms. The lowest BCUT2D eigenvalue weighted by Crippen LogP contribution is -2.51. The van der Waals surface area contributed by atoms with E-state index in [1.165, 1.54) is 19.4 Å². The second kappa shape index (κ2) is 3.08. The van der Waals surface area contributed by atoms with Crippen molar-refractivity contribution in [2.45, 2.75) is 58.6 Å². The molecule has 0 aromatic heterocycles. The average molecular weight is 237 g/mol. The molecule has 0 spiro atoms. The Balaban J connectivity index is 2.04. The third-order valence-corrected chi connectivity index (χ3v) is 6.41. The molecule has 0 radical (unpaired) electrons. The van der Waals surface area contributed by atoms with Gasteiger partial charge in [0, 0.05) is 24.5 Å². The van der Waals surface area contributed by atoms with Crippen LogP contribution in [0.4, 0.5) is 0 Å². The number of rotatable bonds is 0. The van der Waals surface area contributed by atoms with E-state index in [4.69, 9.17) is 0 Å². The molecule has 17 heavy (non-hydrogen) atoms. The van der Waals surface area contributed by atoms with Gasteiger partial charge in [0.05, 0.1) is 5.60 Å². The summed E-state index contributed by atoms with van der Waals surface area (Å²) in [6.07, 6.45) is 2.53. The fourth-order valence-corrected chi connectivity index (χ4v) is 5.29. The Hall–Kier alpha value is -0.0800. The van der Waals surface area contributed by atoms with Gasteiger partial charge in [-0.2, -0.15) is 0 Å². The summed E-state index contributed by atoms with van der Waals surface area (Å²) in [5.74, 6) is 2.10. The molecule has 0 bridgehead atoms. The Morgan fingerprint density at radius 1 is 1.24 bits per heavy atom. The lowest BCUT2D eigenvalue weighted by molar-refractivity contribution is -0.0852. The maximum absolute atomic E-state index is 11.2. The molecule has 5 atom stereocenters. The summed E-state index contributed by atoms with van der Waals surface area (Å²) in [6.45, 7) is 13.5. The summed E-state index contributed by atoms with van der Waals surface area (Å²) in [7, 11) is 0. The summed E-state index contributed by atoms with van der Waals surface area (Å²) >= 11 is 0. The van der Waals surface area contributed by atoms with Gasteiger partial charge in [0.25, 0.3) is 0 Å². The van der Waals surface area contributed by atoms with Crippen LogP contribution in [0.3, 0.4) is 0 Å². The van der Waals surface area contributed by atoms with Crippen LogP contribution in [0.25, 0.3) is 0 Å². The zero-order chi connectivity index (χ0) is 12.6. The van der Waals surface area contributed by atoms with Gasteiger partial charge in [0.1, 0.15) is 0 Å². The van der Waals surface area contributed by atoms with Gasteiger partial charge in [0.15, 0.2) is 0 Å². The molecule has 3 aliphatic rings. The molecule has 98 valence electrons. The van der Waals surface area contributed by atoms with E-state index in [1.54, 1.807) is 0 Å². The van der Waals surface area contributed by atoms with Gasteiger partial charge in [0.2, 0.25) is 0 Å². The van der Waals surface area contributed by atoms with E-state index in [9.17, 15) is 5.11 Å². The Kier molecular flexibility index (Phi) is 2.17. The normalized spacial score (nSPS) is 54.4. The van der Waals surface area contributed by atoms with Crippen LogP contribution in [-0.2, 0) is 0 Å². The van der Waals surface area contributed by atoms with E-state index in [0.717, 1.165) is 18.4 Å². The molecule has 0 aromatic rings. The molecule has 1 saturated carbocycles. The van der Waals surface area contributed by atoms with Crippen molar-refractivity contribution in [2.24, 2.45) is 23.2 Å². The summed E-state index contributed by atoms with van der Waals surface area (Å²) in [5, 5.41) is 11.2. The van der Waals surface area contributed by atoms with E-state index in [2.05, 4.69) is 39.5 Å². The highest BCUT2D eigenvalue weighted by Gasteiger charge is 2.70. The van der Waals surface area contributed by atoms with Crippen molar-refractivity contribution in [1.29, 1.82) is 0 Å². The van der Waals surface area contributed by atoms with Crippen LogP contribution in [0.15, 0.2) is 0 Å². The molecule has 2 aliphatic heterocycles. The maximum Gasteiger partial charge on any atom is 0.0867 e. The molecule has 2 saturated heterocycles. The van der Waals surface area contributed by atoms with Crippen LogP contribution in [-0.4, -0.2) is 34.2 Å². The maximum atomic E-state index is 11.2. The Bertz CT molecular complexity index is 347. The van der Waals surface area contributed by atoms with Gasteiger partial charge in [-0.25, -0.2) is 0 Å². The lowest BCUT2D eigenvalue weighted by atomic mass is 9.66. The molecular formula is C15H27NO. The summed E-state index contributed by atoms with van der Waals surface area (Å²) in [6, 6.07) is 0. The minimum Gasteiger partial charge on any atom is -0.388 e. The number of β-amino-alcohol motifs (C(OH)–C–C–N with tert-alkyl or cyclic N) is 1. The van der Waals surface area contributed by atoms with Crippen molar-refractivity contribution >= 4 is 0 Å². The highest BCUT2D eigenvalue weighted by atomic mass is 16.3. The second-order valence-corrected chi connectivity index (χ2v) is 7.99. The number of hydrogen-bond acceptors (Lipinski definition) is 2. The Morgan fingerprint density at radius 3 is 2.47 bits per heavy atom. The van der Waals surface area contributed by atoms with Gasteiger partial charge in [-0.1, -0.05) is 27.7 Å². The van der Waals surface area contributed by atoms with E-state index >= 15 is 0 Å². The van der Waals surface area contributed by atoms with E-state index in [1.807, 2.05) is 0 Å². The lowest BCUT2D eigenvalue weighted by Gasteiger charge is -2.43.